The van der Waals surface area contributed by atoms with Gasteiger partial charge in [0.1, 0.15) is 0 Å². The summed E-state index contributed by atoms with van der Waals surface area (Å²) in [6, 6.07) is 12.4. The lowest BCUT2D eigenvalue weighted by Gasteiger charge is -2.16. The Balaban J connectivity index is 1.50. The Hall–Kier alpha value is -4.32. The Morgan fingerprint density at radius 1 is 0.425 bits per heavy atom. The van der Waals surface area contributed by atoms with Crippen LogP contribution < -0.4 is 9.97 Å². The summed E-state index contributed by atoms with van der Waals surface area (Å²) < 4.78 is 0. The summed E-state index contributed by atoms with van der Waals surface area (Å²) in [6.45, 7) is 15.4. The van der Waals surface area contributed by atoms with Crippen LogP contribution in [0.3, 0.4) is 0 Å². The molecule has 0 atom stereocenters. The fourth-order valence-electron chi connectivity index (χ4n) is 5.52. The smallest absolute Gasteiger partial charge is 0.0644 e. The van der Waals surface area contributed by atoms with Gasteiger partial charge in [0.05, 0.1) is 26.2 Å². The monoisotopic (exact) mass is 528 g/mol. The van der Waals surface area contributed by atoms with Crippen LogP contribution >= 0.6 is 0 Å². The van der Waals surface area contributed by atoms with Crippen LogP contribution in [0, 0.1) is 41.5 Å². The van der Waals surface area contributed by atoms with E-state index in [1.54, 1.807) is 0 Å². The second-order valence-corrected chi connectivity index (χ2v) is 10.7. The van der Waals surface area contributed by atoms with Crippen molar-refractivity contribution in [3.8, 4) is 0 Å². The Bertz CT molecular complexity index is 1420. The zero-order valence-corrected chi connectivity index (χ0v) is 24.3. The molecule has 2 aromatic heterocycles. The van der Waals surface area contributed by atoms with Crippen molar-refractivity contribution in [1.29, 1.82) is 0 Å². The molecule has 0 radical (unpaired) electrons. The van der Waals surface area contributed by atoms with Gasteiger partial charge in [0.15, 0.2) is 0 Å². The second kappa shape index (κ2) is 11.8. The topological polar surface area (TPSA) is 77.6 Å². The van der Waals surface area contributed by atoms with Gasteiger partial charge < -0.3 is 9.97 Å². The Morgan fingerprint density at radius 2 is 0.675 bits per heavy atom. The number of aromatic nitrogens is 2. The van der Waals surface area contributed by atoms with Crippen LogP contribution in [0.15, 0.2) is 56.4 Å². The summed E-state index contributed by atoms with van der Waals surface area (Å²) in [5, 5.41) is 0. The number of rotatable bonds is 0. The molecule has 3 heterocycles. The highest BCUT2D eigenvalue weighted by Crippen LogP contribution is 2.25. The van der Waals surface area contributed by atoms with Gasteiger partial charge in [-0.15, -0.1) is 22.8 Å². The molecule has 0 spiro atoms. The molecule has 0 N–H and O–H groups in total. The molecule has 5 rings (SSSR count). The molecular weight excluding hydrogens is 492 g/mol. The van der Waals surface area contributed by atoms with E-state index in [4.69, 9.17) is 20.0 Å². The molecule has 0 saturated heterocycles. The molecule has 0 aliphatic carbocycles. The number of aliphatic imine (C=N–C) groups is 4. The van der Waals surface area contributed by atoms with E-state index >= 15 is 0 Å². The summed E-state index contributed by atoms with van der Waals surface area (Å²) in [4.78, 5) is 28.3. The lowest BCUT2D eigenvalue weighted by atomic mass is 9.93. The lowest BCUT2D eigenvalue weighted by Crippen LogP contribution is -2.02. The summed E-state index contributed by atoms with van der Waals surface area (Å²) in [6.07, 6.45) is 7.41. The van der Waals surface area contributed by atoms with Gasteiger partial charge in [0.25, 0.3) is 0 Å². The van der Waals surface area contributed by atoms with Gasteiger partial charge in [-0.1, -0.05) is 36.4 Å². The first-order chi connectivity index (χ1) is 19.3. The van der Waals surface area contributed by atoms with Gasteiger partial charge in [-0.05, 0) is 97.2 Å². The van der Waals surface area contributed by atoms with Gasteiger partial charge >= 0.3 is 0 Å². The standard InChI is InChI=1S/C34H36N6/c1-21-11-22(2)32-18-36-14-28-9-10-30(40-28)16-38-20-34-24(4)12-23(3)33(26(34)6)19-37-15-29-8-7-27(39-29)13-35-17-31(21)25(32)5/h7-16H,17-20H2,1-6H3/q-2. The molecular formula is C34H36N6-2. The summed E-state index contributed by atoms with van der Waals surface area (Å²) in [5.74, 6) is 0. The third-order valence-corrected chi connectivity index (χ3v) is 7.84. The molecule has 40 heavy (non-hydrogen) atoms. The van der Waals surface area contributed by atoms with E-state index in [-0.39, 0.29) is 0 Å². The SMILES string of the molecule is Cc1cc(C)c2c(C)c1CN=Cc1ccc([n-]1)C=NCc1c(C)cc(C)c(c1C)CN=Cc1ccc([n-]1)C=NC2. The molecule has 1 aliphatic rings. The average molecular weight is 529 g/mol. The maximum atomic E-state index is 4.74. The first kappa shape index (κ1) is 27.3. The molecule has 0 saturated carbocycles. The van der Waals surface area contributed by atoms with Crippen molar-refractivity contribution in [3.05, 3.63) is 115 Å². The minimum absolute atomic E-state index is 0.604. The Morgan fingerprint density at radius 3 is 0.925 bits per heavy atom. The van der Waals surface area contributed by atoms with Crippen LogP contribution in [0.4, 0.5) is 0 Å². The van der Waals surface area contributed by atoms with Crippen LogP contribution in [0.5, 0.6) is 0 Å². The third-order valence-electron chi connectivity index (χ3n) is 7.84. The molecule has 6 nitrogen and oxygen atoms in total. The number of hydrogen-bond acceptors (Lipinski definition) is 4. The van der Waals surface area contributed by atoms with Crippen molar-refractivity contribution in [2.45, 2.75) is 67.7 Å². The lowest BCUT2D eigenvalue weighted by molar-refractivity contribution is 0.968. The maximum absolute atomic E-state index is 4.74. The second-order valence-electron chi connectivity index (χ2n) is 10.7. The van der Waals surface area contributed by atoms with Gasteiger partial charge in [-0.2, -0.15) is 0 Å². The predicted molar refractivity (Wildman–Crippen MR) is 166 cm³/mol. The van der Waals surface area contributed by atoms with Gasteiger partial charge in [0.2, 0.25) is 0 Å². The number of benzene rings is 2. The van der Waals surface area contributed by atoms with Crippen LogP contribution in [0.1, 0.15) is 78.4 Å². The normalized spacial score (nSPS) is 13.9. The van der Waals surface area contributed by atoms with E-state index in [0.717, 1.165) is 22.8 Å². The van der Waals surface area contributed by atoms with Gasteiger partial charge in [0, 0.05) is 24.9 Å². The van der Waals surface area contributed by atoms with E-state index in [1.165, 1.54) is 55.6 Å². The summed E-state index contributed by atoms with van der Waals surface area (Å²) in [7, 11) is 0. The van der Waals surface area contributed by atoms with Crippen molar-refractivity contribution >= 4 is 24.9 Å². The fourth-order valence-corrected chi connectivity index (χ4v) is 5.52. The molecule has 6 heteroatoms. The molecule has 204 valence electrons. The minimum Gasteiger partial charge on any atom is -0.655 e. The fraction of sp³-hybridized carbons (Fsp3) is 0.294. The van der Waals surface area contributed by atoms with E-state index in [2.05, 4.69) is 63.6 Å². The van der Waals surface area contributed by atoms with Crippen LogP contribution in [0.2, 0.25) is 0 Å². The van der Waals surface area contributed by atoms with E-state index in [9.17, 15) is 0 Å². The highest BCUT2D eigenvalue weighted by atomic mass is 14.8. The minimum atomic E-state index is 0.604. The zero-order chi connectivity index (χ0) is 28.2. The predicted octanol–water partition coefficient (Wildman–Crippen LogP) is 6.24. The van der Waals surface area contributed by atoms with Gasteiger partial charge in [-0.25, -0.2) is 0 Å². The van der Waals surface area contributed by atoms with Crippen molar-refractivity contribution < 1.29 is 0 Å². The highest BCUT2D eigenvalue weighted by molar-refractivity contribution is 5.84. The zero-order valence-electron chi connectivity index (χ0n) is 24.3. The Kier molecular flexibility index (Phi) is 8.06. The number of aryl methyl sites for hydroxylation is 4. The van der Waals surface area contributed by atoms with Crippen molar-refractivity contribution in [2.75, 3.05) is 0 Å². The number of fused-ring (bicyclic) bond motifs is 8. The summed E-state index contributed by atoms with van der Waals surface area (Å²) in [5.41, 5.74) is 15.8. The maximum Gasteiger partial charge on any atom is 0.0644 e. The van der Waals surface area contributed by atoms with Crippen molar-refractivity contribution in [2.24, 2.45) is 20.0 Å². The third kappa shape index (κ3) is 5.96. The molecule has 0 amide bonds. The first-order valence-electron chi connectivity index (χ1n) is 13.7. The Labute approximate surface area is 237 Å². The van der Waals surface area contributed by atoms with Crippen LogP contribution in [-0.2, 0) is 26.2 Å². The van der Waals surface area contributed by atoms with Gasteiger partial charge in [-0.3, -0.25) is 20.0 Å². The average Bonchev–Trinajstić information content (AvgIpc) is 3.56. The van der Waals surface area contributed by atoms with Crippen LogP contribution in [-0.4, -0.2) is 24.9 Å². The summed E-state index contributed by atoms with van der Waals surface area (Å²) >= 11 is 0. The largest absolute Gasteiger partial charge is 0.655 e. The molecule has 0 unspecified atom stereocenters. The first-order valence-corrected chi connectivity index (χ1v) is 13.7. The van der Waals surface area contributed by atoms with E-state index in [0.29, 0.717) is 26.2 Å². The van der Waals surface area contributed by atoms with E-state index < -0.39 is 0 Å². The van der Waals surface area contributed by atoms with Crippen LogP contribution in [0.25, 0.3) is 0 Å². The molecule has 2 aromatic carbocycles. The van der Waals surface area contributed by atoms with E-state index in [1.807, 2.05) is 49.1 Å². The molecule has 1 aliphatic heterocycles. The quantitative estimate of drug-likeness (QED) is 0.271. The highest BCUT2D eigenvalue weighted by Gasteiger charge is 2.11. The number of hydrogen-bond donors (Lipinski definition) is 0. The molecule has 4 aromatic rings. The number of nitrogens with zero attached hydrogens (tertiary/aromatic N) is 6. The molecule has 0 fully saturated rings. The van der Waals surface area contributed by atoms with Crippen molar-refractivity contribution in [1.82, 2.24) is 9.97 Å². The molecule has 8 bridgehead atoms. The van der Waals surface area contributed by atoms with Crippen molar-refractivity contribution in [3.63, 3.8) is 0 Å².